The molecule has 0 spiro atoms. The third-order valence-electron chi connectivity index (χ3n) is 5.74. The van der Waals surface area contributed by atoms with Gasteiger partial charge in [-0.25, -0.2) is 0 Å². The van der Waals surface area contributed by atoms with Gasteiger partial charge in [-0.3, -0.25) is 14.6 Å². The van der Waals surface area contributed by atoms with Crippen LogP contribution in [-0.2, 0) is 11.3 Å². The summed E-state index contributed by atoms with van der Waals surface area (Å²) in [6.45, 7) is 0.0504. The number of benzene rings is 2. The van der Waals surface area contributed by atoms with E-state index < -0.39 is 23.5 Å². The van der Waals surface area contributed by atoms with Crippen molar-refractivity contribution in [3.63, 3.8) is 0 Å². The standard InChI is InChI=1S/C26H20N2O6/c1-33-19-10-5-7-16-13-20(34-25(16)19)23(30)21-22(15-6-4-9-18(29)12-15)28(26(32)24(21)31)14-17-8-2-3-11-27-17/h2-13,22,29,31H,14H2,1H3. The van der Waals surface area contributed by atoms with Gasteiger partial charge in [0.2, 0.25) is 5.78 Å². The predicted molar refractivity (Wildman–Crippen MR) is 122 cm³/mol. The Balaban J connectivity index is 1.61. The normalized spacial score (nSPS) is 15.9. The molecule has 0 aliphatic carbocycles. The molecule has 1 aliphatic rings. The van der Waals surface area contributed by atoms with E-state index in [1.165, 1.54) is 24.1 Å². The quantitative estimate of drug-likeness (QED) is 0.416. The number of amides is 1. The van der Waals surface area contributed by atoms with Crippen LogP contribution in [0.4, 0.5) is 0 Å². The average Bonchev–Trinajstić information content (AvgIpc) is 3.39. The van der Waals surface area contributed by atoms with Crippen LogP contribution in [0, 0.1) is 0 Å². The van der Waals surface area contributed by atoms with E-state index in [9.17, 15) is 19.8 Å². The number of phenols is 1. The number of fused-ring (bicyclic) bond motifs is 1. The fourth-order valence-electron chi connectivity index (χ4n) is 4.20. The Kier molecular flexibility index (Phi) is 5.25. The number of pyridine rings is 1. The van der Waals surface area contributed by atoms with Gasteiger partial charge >= 0.3 is 0 Å². The highest BCUT2D eigenvalue weighted by Gasteiger charge is 2.44. The molecule has 1 amide bonds. The van der Waals surface area contributed by atoms with E-state index in [0.717, 1.165) is 0 Å². The van der Waals surface area contributed by atoms with Crippen LogP contribution in [-0.4, -0.2) is 38.9 Å². The van der Waals surface area contributed by atoms with Crippen LogP contribution in [0.1, 0.15) is 27.9 Å². The summed E-state index contributed by atoms with van der Waals surface area (Å²) in [7, 11) is 1.50. The number of furan rings is 1. The molecule has 5 rings (SSSR count). The molecule has 0 bridgehead atoms. The molecule has 0 saturated carbocycles. The van der Waals surface area contributed by atoms with Gasteiger partial charge in [-0.15, -0.1) is 0 Å². The number of methoxy groups -OCH3 is 1. The summed E-state index contributed by atoms with van der Waals surface area (Å²) in [5.41, 5.74) is 1.29. The van der Waals surface area contributed by atoms with Gasteiger partial charge in [0, 0.05) is 11.6 Å². The Labute approximate surface area is 194 Å². The molecule has 8 heteroatoms. The molecule has 2 N–H and O–H groups in total. The van der Waals surface area contributed by atoms with Crippen molar-refractivity contribution < 1.29 is 29.0 Å². The molecule has 2 aromatic carbocycles. The maximum absolute atomic E-state index is 13.6. The molecule has 170 valence electrons. The Morgan fingerprint density at radius 1 is 1.09 bits per heavy atom. The summed E-state index contributed by atoms with van der Waals surface area (Å²) in [6, 6.07) is 17.4. The van der Waals surface area contributed by atoms with E-state index in [4.69, 9.17) is 9.15 Å². The van der Waals surface area contributed by atoms with Gasteiger partial charge in [0.15, 0.2) is 22.9 Å². The van der Waals surface area contributed by atoms with E-state index in [-0.39, 0.29) is 23.6 Å². The van der Waals surface area contributed by atoms with Gasteiger partial charge < -0.3 is 24.3 Å². The minimum atomic E-state index is -0.954. The van der Waals surface area contributed by atoms with Gasteiger partial charge in [-0.2, -0.15) is 0 Å². The van der Waals surface area contributed by atoms with Crippen molar-refractivity contribution in [2.24, 2.45) is 0 Å². The fourth-order valence-corrected chi connectivity index (χ4v) is 4.20. The Morgan fingerprint density at radius 3 is 2.65 bits per heavy atom. The van der Waals surface area contributed by atoms with Gasteiger partial charge in [0.1, 0.15) is 5.75 Å². The zero-order valence-electron chi connectivity index (χ0n) is 18.1. The second-order valence-corrected chi connectivity index (χ2v) is 7.83. The average molecular weight is 456 g/mol. The van der Waals surface area contributed by atoms with Crippen molar-refractivity contribution in [2.45, 2.75) is 12.6 Å². The maximum Gasteiger partial charge on any atom is 0.290 e. The summed E-state index contributed by atoms with van der Waals surface area (Å²) in [4.78, 5) is 32.4. The lowest BCUT2D eigenvalue weighted by Crippen LogP contribution is -2.31. The molecule has 4 aromatic rings. The van der Waals surface area contributed by atoms with Crippen molar-refractivity contribution in [3.8, 4) is 11.5 Å². The summed E-state index contributed by atoms with van der Waals surface area (Å²) in [6.07, 6.45) is 1.60. The lowest BCUT2D eigenvalue weighted by atomic mass is 9.94. The number of carbonyl (C=O) groups is 2. The van der Waals surface area contributed by atoms with Gasteiger partial charge in [0.25, 0.3) is 5.91 Å². The number of ketones is 1. The van der Waals surface area contributed by atoms with Gasteiger partial charge in [-0.05, 0) is 42.0 Å². The first-order valence-electron chi connectivity index (χ1n) is 10.5. The van der Waals surface area contributed by atoms with Crippen molar-refractivity contribution in [1.29, 1.82) is 0 Å². The number of rotatable bonds is 6. The van der Waals surface area contributed by atoms with Crippen LogP contribution in [0.5, 0.6) is 11.5 Å². The maximum atomic E-state index is 13.6. The molecule has 8 nitrogen and oxygen atoms in total. The lowest BCUT2D eigenvalue weighted by Gasteiger charge is -2.26. The molecule has 34 heavy (non-hydrogen) atoms. The van der Waals surface area contributed by atoms with E-state index >= 15 is 0 Å². The zero-order valence-corrected chi connectivity index (χ0v) is 18.1. The molecule has 3 heterocycles. The SMILES string of the molecule is COc1cccc2cc(C(=O)C3=C(O)C(=O)N(Cc4ccccn4)C3c3cccc(O)c3)oc12. The third kappa shape index (κ3) is 3.55. The highest BCUT2D eigenvalue weighted by atomic mass is 16.5. The van der Waals surface area contributed by atoms with Crippen LogP contribution in [0.2, 0.25) is 0 Å². The van der Waals surface area contributed by atoms with E-state index in [2.05, 4.69) is 4.98 Å². The highest BCUT2D eigenvalue weighted by molar-refractivity contribution is 6.16. The molecule has 0 radical (unpaired) electrons. The van der Waals surface area contributed by atoms with Crippen LogP contribution < -0.4 is 4.74 Å². The number of hydrogen-bond donors (Lipinski definition) is 2. The molecule has 1 unspecified atom stereocenters. The highest BCUT2D eigenvalue weighted by Crippen LogP contribution is 2.41. The number of carbonyl (C=O) groups excluding carboxylic acids is 2. The number of aromatic hydroxyl groups is 1. The number of phenolic OH excluding ortho intramolecular Hbond substituents is 1. The first-order valence-corrected chi connectivity index (χ1v) is 10.5. The number of aromatic nitrogens is 1. The first kappa shape index (κ1) is 21.3. The predicted octanol–water partition coefficient (Wildman–Crippen LogP) is 4.32. The molecular formula is C26H20N2O6. The number of nitrogens with zero attached hydrogens (tertiary/aromatic N) is 2. The van der Waals surface area contributed by atoms with Crippen molar-refractivity contribution in [2.75, 3.05) is 7.11 Å². The molecule has 1 aliphatic heterocycles. The number of aliphatic hydroxyl groups excluding tert-OH is 1. The van der Waals surface area contributed by atoms with Crippen molar-refractivity contribution in [3.05, 3.63) is 101 Å². The fraction of sp³-hybridized carbons (Fsp3) is 0.115. The first-order chi connectivity index (χ1) is 16.5. The smallest absolute Gasteiger partial charge is 0.290 e. The van der Waals surface area contributed by atoms with Crippen LogP contribution in [0.25, 0.3) is 11.0 Å². The van der Waals surface area contributed by atoms with Crippen LogP contribution in [0.15, 0.2) is 88.7 Å². The Hall–Kier alpha value is -4.59. The molecule has 0 saturated heterocycles. The number of aliphatic hydroxyl groups is 1. The van der Waals surface area contributed by atoms with Gasteiger partial charge in [0.05, 0.1) is 31.0 Å². The van der Waals surface area contributed by atoms with Gasteiger partial charge in [-0.1, -0.05) is 30.3 Å². The van der Waals surface area contributed by atoms with Crippen molar-refractivity contribution >= 4 is 22.7 Å². The number of hydrogen-bond acceptors (Lipinski definition) is 7. The monoisotopic (exact) mass is 456 g/mol. The number of ether oxygens (including phenoxy) is 1. The number of para-hydroxylation sites is 1. The van der Waals surface area contributed by atoms with E-state index in [1.807, 2.05) is 0 Å². The summed E-state index contributed by atoms with van der Waals surface area (Å²) in [5.74, 6) is -1.63. The van der Waals surface area contributed by atoms with E-state index in [0.29, 0.717) is 28.0 Å². The summed E-state index contributed by atoms with van der Waals surface area (Å²) >= 11 is 0. The van der Waals surface area contributed by atoms with Crippen molar-refractivity contribution in [1.82, 2.24) is 9.88 Å². The summed E-state index contributed by atoms with van der Waals surface area (Å²) in [5, 5.41) is 21.5. The number of Topliss-reactive ketones (excluding diaryl/α,β-unsaturated/α-hetero) is 1. The minimum absolute atomic E-state index is 0.0330. The Bertz CT molecular complexity index is 1440. The largest absolute Gasteiger partial charge is 0.508 e. The summed E-state index contributed by atoms with van der Waals surface area (Å²) < 4.78 is 11.1. The minimum Gasteiger partial charge on any atom is -0.508 e. The second kappa shape index (κ2) is 8.40. The molecular weight excluding hydrogens is 436 g/mol. The van der Waals surface area contributed by atoms with Crippen LogP contribution >= 0.6 is 0 Å². The van der Waals surface area contributed by atoms with Crippen LogP contribution in [0.3, 0.4) is 0 Å². The third-order valence-corrected chi connectivity index (χ3v) is 5.74. The Morgan fingerprint density at radius 2 is 1.91 bits per heavy atom. The molecule has 1 atom stereocenters. The lowest BCUT2D eigenvalue weighted by molar-refractivity contribution is -0.130. The van der Waals surface area contributed by atoms with E-state index in [1.54, 1.807) is 60.8 Å². The molecule has 0 fully saturated rings. The second-order valence-electron chi connectivity index (χ2n) is 7.83. The topological polar surface area (TPSA) is 113 Å². The molecule has 2 aromatic heterocycles. The zero-order chi connectivity index (χ0) is 23.8.